The summed E-state index contributed by atoms with van der Waals surface area (Å²) >= 11 is 0. The fraction of sp³-hybridized carbons (Fsp3) is 0.250. The lowest BCUT2D eigenvalue weighted by molar-refractivity contribution is 1.11. The van der Waals surface area contributed by atoms with Gasteiger partial charge in [0.05, 0.1) is 5.52 Å². The van der Waals surface area contributed by atoms with Crippen LogP contribution in [0.25, 0.3) is 16.5 Å². The second kappa shape index (κ2) is 5.58. The molecule has 2 aromatic rings. The van der Waals surface area contributed by atoms with Gasteiger partial charge in [-0.25, -0.2) is 9.97 Å². The van der Waals surface area contributed by atoms with Crippen LogP contribution in [0, 0.1) is 6.92 Å². The molecule has 0 saturated carbocycles. The number of nitrogens with zero attached hydrogens (tertiary/aromatic N) is 2. The van der Waals surface area contributed by atoms with Gasteiger partial charge in [-0.15, -0.1) is 0 Å². The van der Waals surface area contributed by atoms with Gasteiger partial charge in [0.2, 0.25) is 0 Å². The molecule has 2 heteroatoms. The van der Waals surface area contributed by atoms with Gasteiger partial charge in [-0.2, -0.15) is 0 Å². The topological polar surface area (TPSA) is 25.8 Å². The van der Waals surface area contributed by atoms with Crippen molar-refractivity contribution in [2.75, 3.05) is 0 Å². The highest BCUT2D eigenvalue weighted by Gasteiger charge is 2.05. The number of hydrogen-bond acceptors (Lipinski definition) is 2. The average molecular weight is 238 g/mol. The molecule has 0 unspecified atom stereocenters. The minimum absolute atomic E-state index is 0.804. The summed E-state index contributed by atoms with van der Waals surface area (Å²) in [5.74, 6) is 0.804. The highest BCUT2D eigenvalue weighted by atomic mass is 14.9. The van der Waals surface area contributed by atoms with Crippen LogP contribution in [0.5, 0.6) is 0 Å². The molecular weight excluding hydrogens is 220 g/mol. The van der Waals surface area contributed by atoms with Gasteiger partial charge in [0, 0.05) is 16.7 Å². The molecule has 0 aliphatic carbocycles. The molecule has 0 aliphatic heterocycles. The molecule has 0 amide bonds. The van der Waals surface area contributed by atoms with Gasteiger partial charge in [-0.1, -0.05) is 43.4 Å². The van der Waals surface area contributed by atoms with Crippen LogP contribution in [0.3, 0.4) is 0 Å². The summed E-state index contributed by atoms with van der Waals surface area (Å²) in [7, 11) is 0. The first-order chi connectivity index (χ1) is 8.76. The second-order valence-corrected chi connectivity index (χ2v) is 4.20. The van der Waals surface area contributed by atoms with Crippen LogP contribution in [0.1, 0.15) is 31.8 Å². The zero-order valence-corrected chi connectivity index (χ0v) is 11.1. The molecule has 0 aliphatic rings. The fourth-order valence-corrected chi connectivity index (χ4v) is 1.91. The van der Waals surface area contributed by atoms with Crippen molar-refractivity contribution in [1.82, 2.24) is 9.97 Å². The van der Waals surface area contributed by atoms with Gasteiger partial charge in [0.1, 0.15) is 0 Å². The van der Waals surface area contributed by atoms with Crippen molar-refractivity contribution in [3.63, 3.8) is 0 Å². The Balaban J connectivity index is 2.55. The molecule has 2 nitrogen and oxygen atoms in total. The minimum atomic E-state index is 0.804. The van der Waals surface area contributed by atoms with Crippen LogP contribution in [-0.2, 0) is 0 Å². The van der Waals surface area contributed by atoms with Crippen LogP contribution in [-0.4, -0.2) is 9.97 Å². The van der Waals surface area contributed by atoms with E-state index in [4.69, 9.17) is 0 Å². The molecule has 0 saturated heterocycles. The quantitative estimate of drug-likeness (QED) is 0.745. The lowest BCUT2D eigenvalue weighted by Gasteiger charge is -2.05. The summed E-state index contributed by atoms with van der Waals surface area (Å²) in [6.07, 6.45) is 7.28. The SMILES string of the molecule is C/C=C(\C=C/CC)c1nc(C)c2ccccc2n1. The highest BCUT2D eigenvalue weighted by molar-refractivity contribution is 5.83. The van der Waals surface area contributed by atoms with Crippen molar-refractivity contribution in [2.45, 2.75) is 27.2 Å². The predicted molar refractivity (Wildman–Crippen MR) is 77.4 cm³/mol. The van der Waals surface area contributed by atoms with Crippen LogP contribution in [0.4, 0.5) is 0 Å². The Morgan fingerprint density at radius 1 is 1.22 bits per heavy atom. The Morgan fingerprint density at radius 3 is 2.72 bits per heavy atom. The molecule has 1 heterocycles. The first kappa shape index (κ1) is 12.5. The van der Waals surface area contributed by atoms with Crippen LogP contribution in [0.15, 0.2) is 42.5 Å². The number of fused-ring (bicyclic) bond motifs is 1. The number of allylic oxidation sites excluding steroid dienone is 4. The number of hydrogen-bond donors (Lipinski definition) is 0. The molecule has 0 bridgehead atoms. The molecule has 0 atom stereocenters. The van der Waals surface area contributed by atoms with Crippen molar-refractivity contribution < 1.29 is 0 Å². The minimum Gasteiger partial charge on any atom is -0.233 e. The van der Waals surface area contributed by atoms with Gasteiger partial charge in [0.15, 0.2) is 5.82 Å². The number of rotatable bonds is 3. The third-order valence-corrected chi connectivity index (χ3v) is 2.90. The zero-order chi connectivity index (χ0) is 13.0. The smallest absolute Gasteiger partial charge is 0.159 e. The summed E-state index contributed by atoms with van der Waals surface area (Å²) in [5, 5.41) is 1.12. The second-order valence-electron chi connectivity index (χ2n) is 4.20. The monoisotopic (exact) mass is 238 g/mol. The summed E-state index contributed by atoms with van der Waals surface area (Å²) in [5.41, 5.74) is 3.11. The van der Waals surface area contributed by atoms with Crippen molar-refractivity contribution in [3.05, 3.63) is 54.0 Å². The van der Waals surface area contributed by atoms with E-state index in [0.717, 1.165) is 34.4 Å². The molecule has 2 rings (SSSR count). The molecule has 0 N–H and O–H groups in total. The average Bonchev–Trinajstić information content (AvgIpc) is 2.40. The summed E-state index contributed by atoms with van der Waals surface area (Å²) < 4.78 is 0. The summed E-state index contributed by atoms with van der Waals surface area (Å²) in [4.78, 5) is 9.22. The van der Waals surface area contributed by atoms with Gasteiger partial charge in [0.25, 0.3) is 0 Å². The molecule has 0 fully saturated rings. The Morgan fingerprint density at radius 2 is 2.00 bits per heavy atom. The van der Waals surface area contributed by atoms with Gasteiger partial charge in [-0.05, 0) is 26.3 Å². The predicted octanol–water partition coefficient (Wildman–Crippen LogP) is 4.31. The molecule has 0 spiro atoms. The van der Waals surface area contributed by atoms with Crippen LogP contribution < -0.4 is 0 Å². The van der Waals surface area contributed by atoms with Crippen molar-refractivity contribution in [2.24, 2.45) is 0 Å². The Labute approximate surface area is 108 Å². The Bertz CT molecular complexity index is 610. The maximum Gasteiger partial charge on any atom is 0.159 e. The highest BCUT2D eigenvalue weighted by Crippen LogP contribution is 2.19. The maximum atomic E-state index is 4.63. The lowest BCUT2D eigenvalue weighted by Crippen LogP contribution is -1.96. The third-order valence-electron chi connectivity index (χ3n) is 2.90. The Kier molecular flexibility index (Phi) is 3.88. The van der Waals surface area contributed by atoms with Gasteiger partial charge >= 0.3 is 0 Å². The standard InChI is InChI=1S/C16H18N2/c1-4-6-9-13(5-2)16-17-12(3)14-10-7-8-11-15(14)18-16/h5-11H,4H2,1-3H3/b9-6-,13-5+. The molecule has 18 heavy (non-hydrogen) atoms. The maximum absolute atomic E-state index is 4.63. The van der Waals surface area contributed by atoms with Crippen molar-refractivity contribution in [1.29, 1.82) is 0 Å². The molecular formula is C16H18N2. The first-order valence-electron chi connectivity index (χ1n) is 6.33. The molecule has 1 aromatic carbocycles. The molecule has 0 radical (unpaired) electrons. The van der Waals surface area contributed by atoms with Crippen molar-refractivity contribution >= 4 is 16.5 Å². The van der Waals surface area contributed by atoms with E-state index in [1.54, 1.807) is 0 Å². The van der Waals surface area contributed by atoms with E-state index < -0.39 is 0 Å². The fourth-order valence-electron chi connectivity index (χ4n) is 1.91. The lowest BCUT2D eigenvalue weighted by atomic mass is 10.1. The Hall–Kier alpha value is -1.96. The van der Waals surface area contributed by atoms with E-state index in [-0.39, 0.29) is 0 Å². The number of aromatic nitrogens is 2. The largest absolute Gasteiger partial charge is 0.233 e. The summed E-state index contributed by atoms with van der Waals surface area (Å²) in [6.45, 7) is 6.17. The van der Waals surface area contributed by atoms with Crippen LogP contribution >= 0.6 is 0 Å². The molecule has 1 aromatic heterocycles. The number of benzene rings is 1. The zero-order valence-electron chi connectivity index (χ0n) is 11.1. The van der Waals surface area contributed by atoms with E-state index in [9.17, 15) is 0 Å². The normalized spacial score (nSPS) is 12.5. The number of para-hydroxylation sites is 1. The van der Waals surface area contributed by atoms with E-state index >= 15 is 0 Å². The van der Waals surface area contributed by atoms with E-state index in [0.29, 0.717) is 0 Å². The van der Waals surface area contributed by atoms with Gasteiger partial charge < -0.3 is 0 Å². The molecule has 92 valence electrons. The van der Waals surface area contributed by atoms with Crippen molar-refractivity contribution in [3.8, 4) is 0 Å². The van der Waals surface area contributed by atoms with E-state index in [2.05, 4.69) is 41.2 Å². The third kappa shape index (κ3) is 2.48. The van der Waals surface area contributed by atoms with Gasteiger partial charge in [-0.3, -0.25) is 0 Å². The summed E-state index contributed by atoms with van der Waals surface area (Å²) in [6, 6.07) is 8.12. The first-order valence-corrected chi connectivity index (χ1v) is 6.33. The van der Waals surface area contributed by atoms with Crippen LogP contribution in [0.2, 0.25) is 0 Å². The van der Waals surface area contributed by atoms with E-state index in [1.165, 1.54) is 0 Å². The number of aryl methyl sites for hydroxylation is 1. The van der Waals surface area contributed by atoms with E-state index in [1.807, 2.05) is 32.0 Å².